The highest BCUT2D eigenvalue weighted by Gasteiger charge is 2.31. The van der Waals surface area contributed by atoms with Gasteiger partial charge >= 0.3 is 5.76 Å². The van der Waals surface area contributed by atoms with Crippen molar-refractivity contribution in [3.63, 3.8) is 0 Å². The fourth-order valence-electron chi connectivity index (χ4n) is 2.17. The number of sulfone groups is 1. The summed E-state index contributed by atoms with van der Waals surface area (Å²) >= 11 is 0. The predicted molar refractivity (Wildman–Crippen MR) is 85.0 cm³/mol. The average Bonchev–Trinajstić information content (AvgIpc) is 2.44. The molecule has 0 fully saturated rings. The Morgan fingerprint density at radius 1 is 1.33 bits per heavy atom. The molecule has 0 aliphatic rings. The molecule has 0 amide bonds. The molecule has 24 heavy (non-hydrogen) atoms. The van der Waals surface area contributed by atoms with Gasteiger partial charge in [-0.25, -0.2) is 8.42 Å². The number of nitro groups is 1. The van der Waals surface area contributed by atoms with Crippen LogP contribution in [0, 0.1) is 15.5 Å². The molecule has 0 radical (unpaired) electrons. The van der Waals surface area contributed by atoms with Gasteiger partial charge in [-0.1, -0.05) is 20.8 Å². The summed E-state index contributed by atoms with van der Waals surface area (Å²) in [5, 5.41) is 20.5. The molecular weight excluding hydrogens is 346 g/mol. The molecule has 136 valence electrons. The van der Waals surface area contributed by atoms with Crippen molar-refractivity contribution < 1.29 is 27.2 Å². The summed E-state index contributed by atoms with van der Waals surface area (Å²) in [6, 6.07) is 2.66. The highest BCUT2D eigenvalue weighted by atomic mass is 32.2. The fourth-order valence-corrected chi connectivity index (χ4v) is 2.91. The van der Waals surface area contributed by atoms with Crippen LogP contribution >= 0.6 is 0 Å². The third kappa shape index (κ3) is 4.84. The number of nitrogens with zero attached hydrogens (tertiary/aromatic N) is 2. The molecule has 0 saturated heterocycles. The lowest BCUT2D eigenvalue weighted by Gasteiger charge is -2.31. The largest absolute Gasteiger partial charge is 0.395 e. The van der Waals surface area contributed by atoms with Gasteiger partial charge in [0.1, 0.15) is 5.69 Å². The van der Waals surface area contributed by atoms with E-state index in [4.69, 9.17) is 0 Å². The van der Waals surface area contributed by atoms with Gasteiger partial charge in [0.2, 0.25) is 9.84 Å². The van der Waals surface area contributed by atoms with Crippen molar-refractivity contribution in [2.75, 3.05) is 24.6 Å². The maximum Gasteiger partial charge on any atom is 0.341 e. The first-order valence-electron chi connectivity index (χ1n) is 7.06. The van der Waals surface area contributed by atoms with Gasteiger partial charge in [-0.3, -0.25) is 10.1 Å². The van der Waals surface area contributed by atoms with Crippen molar-refractivity contribution >= 4 is 21.2 Å². The summed E-state index contributed by atoms with van der Waals surface area (Å²) in [5.74, 6) is -3.66. The summed E-state index contributed by atoms with van der Waals surface area (Å²) in [6.07, 6.45) is 0. The van der Waals surface area contributed by atoms with Gasteiger partial charge in [0.25, 0.3) is 5.69 Å². The van der Waals surface area contributed by atoms with Crippen LogP contribution in [0.4, 0.5) is 20.2 Å². The monoisotopic (exact) mass is 366 g/mol. The van der Waals surface area contributed by atoms with Crippen LogP contribution in [0.5, 0.6) is 0 Å². The van der Waals surface area contributed by atoms with E-state index in [-0.39, 0.29) is 24.3 Å². The smallest absolute Gasteiger partial charge is 0.341 e. The maximum atomic E-state index is 12.6. The molecule has 0 saturated carbocycles. The fraction of sp³-hybridized carbons (Fsp3) is 0.571. The third-order valence-corrected chi connectivity index (χ3v) is 4.46. The molecule has 0 heterocycles. The normalized spacial score (nSPS) is 12.5. The number of nitro benzene ring substituents is 1. The third-order valence-electron chi connectivity index (χ3n) is 3.08. The van der Waals surface area contributed by atoms with E-state index in [0.717, 1.165) is 12.1 Å². The SMILES string of the molecule is CC(C)(C)CN(CCO)c1ccc(S(=O)(=O)C(F)F)cc1[N+](=O)[O-]. The van der Waals surface area contributed by atoms with Gasteiger partial charge in [0, 0.05) is 19.2 Å². The zero-order valence-corrected chi connectivity index (χ0v) is 14.4. The highest BCUT2D eigenvalue weighted by molar-refractivity contribution is 7.91. The zero-order valence-electron chi connectivity index (χ0n) is 13.6. The lowest BCUT2D eigenvalue weighted by molar-refractivity contribution is -0.384. The number of aliphatic hydroxyl groups excluding tert-OH is 1. The minimum atomic E-state index is -4.93. The molecule has 0 bridgehead atoms. The molecule has 1 rings (SSSR count). The molecule has 0 atom stereocenters. The van der Waals surface area contributed by atoms with E-state index in [1.165, 1.54) is 4.90 Å². The van der Waals surface area contributed by atoms with E-state index in [2.05, 4.69) is 0 Å². The van der Waals surface area contributed by atoms with Crippen molar-refractivity contribution in [2.24, 2.45) is 5.41 Å². The predicted octanol–water partition coefficient (Wildman–Crippen LogP) is 2.44. The summed E-state index contributed by atoms with van der Waals surface area (Å²) in [4.78, 5) is 11.2. The lowest BCUT2D eigenvalue weighted by atomic mass is 9.95. The van der Waals surface area contributed by atoms with E-state index < -0.39 is 31.1 Å². The van der Waals surface area contributed by atoms with Crippen molar-refractivity contribution in [3.05, 3.63) is 28.3 Å². The Balaban J connectivity index is 3.45. The van der Waals surface area contributed by atoms with Crippen LogP contribution in [0.15, 0.2) is 23.1 Å². The molecule has 0 aliphatic carbocycles. The molecule has 1 aromatic rings. The molecule has 1 N–H and O–H groups in total. The second-order valence-electron chi connectivity index (χ2n) is 6.42. The number of benzene rings is 1. The topological polar surface area (TPSA) is 101 Å². The Bertz CT molecular complexity index is 702. The number of hydrogen-bond donors (Lipinski definition) is 1. The van der Waals surface area contributed by atoms with Crippen molar-refractivity contribution in [1.29, 1.82) is 0 Å². The number of anilines is 1. The van der Waals surface area contributed by atoms with Crippen LogP contribution in [0.1, 0.15) is 20.8 Å². The van der Waals surface area contributed by atoms with Crippen LogP contribution in [0.2, 0.25) is 0 Å². The Labute approximate surface area is 139 Å². The van der Waals surface area contributed by atoms with E-state index in [1.807, 2.05) is 20.8 Å². The van der Waals surface area contributed by atoms with Crippen LogP contribution in [-0.2, 0) is 9.84 Å². The molecule has 1 aromatic carbocycles. The average molecular weight is 366 g/mol. The summed E-state index contributed by atoms with van der Waals surface area (Å²) in [6.45, 7) is 5.81. The molecule has 0 spiro atoms. The van der Waals surface area contributed by atoms with Crippen molar-refractivity contribution in [3.8, 4) is 0 Å². The molecule has 0 aliphatic heterocycles. The minimum Gasteiger partial charge on any atom is -0.395 e. The first-order valence-corrected chi connectivity index (χ1v) is 8.61. The van der Waals surface area contributed by atoms with E-state index in [0.29, 0.717) is 12.6 Å². The van der Waals surface area contributed by atoms with E-state index >= 15 is 0 Å². The van der Waals surface area contributed by atoms with Gasteiger partial charge in [-0.15, -0.1) is 0 Å². The minimum absolute atomic E-state index is 0.0668. The number of halogens is 2. The van der Waals surface area contributed by atoms with Crippen LogP contribution in [-0.4, -0.2) is 43.9 Å². The maximum absolute atomic E-state index is 12.6. The van der Waals surface area contributed by atoms with E-state index in [9.17, 15) is 32.4 Å². The first-order chi connectivity index (χ1) is 10.9. The van der Waals surface area contributed by atoms with Gasteiger partial charge in [0.15, 0.2) is 0 Å². The second-order valence-corrected chi connectivity index (χ2v) is 8.34. The lowest BCUT2D eigenvalue weighted by Crippen LogP contribution is -2.35. The van der Waals surface area contributed by atoms with Crippen LogP contribution in [0.25, 0.3) is 0 Å². The number of rotatable bonds is 7. The number of hydrogen-bond acceptors (Lipinski definition) is 6. The molecule has 0 unspecified atom stereocenters. The first kappa shape index (κ1) is 20.2. The zero-order chi connectivity index (χ0) is 18.7. The Kier molecular flexibility index (Phi) is 6.23. The summed E-state index contributed by atoms with van der Waals surface area (Å²) in [7, 11) is -4.93. The van der Waals surface area contributed by atoms with Crippen LogP contribution in [0.3, 0.4) is 0 Å². The Morgan fingerprint density at radius 3 is 2.33 bits per heavy atom. The van der Waals surface area contributed by atoms with Crippen molar-refractivity contribution in [2.45, 2.75) is 31.4 Å². The number of alkyl halides is 2. The Hall–Kier alpha value is -1.81. The van der Waals surface area contributed by atoms with E-state index in [1.54, 1.807) is 0 Å². The van der Waals surface area contributed by atoms with Gasteiger partial charge in [-0.2, -0.15) is 8.78 Å². The highest BCUT2D eigenvalue weighted by Crippen LogP contribution is 2.33. The molecular formula is C14H20F2N2O5S. The summed E-state index contributed by atoms with van der Waals surface area (Å²) < 4.78 is 48.3. The quantitative estimate of drug-likeness (QED) is 0.587. The van der Waals surface area contributed by atoms with Crippen LogP contribution < -0.4 is 4.90 Å². The molecule has 10 heteroatoms. The summed E-state index contributed by atoms with van der Waals surface area (Å²) in [5.41, 5.74) is -0.803. The Morgan fingerprint density at radius 2 is 1.92 bits per heavy atom. The van der Waals surface area contributed by atoms with Gasteiger partial charge in [-0.05, 0) is 17.5 Å². The second kappa shape index (κ2) is 7.39. The molecule has 0 aromatic heterocycles. The number of aliphatic hydroxyl groups is 1. The van der Waals surface area contributed by atoms with Crippen molar-refractivity contribution in [1.82, 2.24) is 0 Å². The van der Waals surface area contributed by atoms with Gasteiger partial charge in [0.05, 0.1) is 16.4 Å². The van der Waals surface area contributed by atoms with Gasteiger partial charge < -0.3 is 10.0 Å². The molecule has 7 nitrogen and oxygen atoms in total. The standard InChI is InChI=1S/C14H20F2N2O5S/c1-14(2,3)9-17(6-7-19)11-5-4-10(8-12(11)18(20)21)24(22,23)13(15)16/h4-5,8,13,19H,6-7,9H2,1-3H3.